The monoisotopic (exact) mass is 969 g/mol. The number of H-pyrrole nitrogens is 1. The molecule has 364 valence electrons. The Morgan fingerprint density at radius 1 is 0.899 bits per heavy atom. The molecular weight excluding hydrogens is 916 g/mol. The molecule has 69 heavy (non-hydrogen) atoms. The van der Waals surface area contributed by atoms with Crippen LogP contribution >= 0.6 is 11.3 Å². The molecule has 3 aromatic carbocycles. The lowest BCUT2D eigenvalue weighted by atomic mass is 9.85. The largest absolute Gasteiger partial charge is 0.417 e. The average Bonchev–Trinajstić information content (AvgIpc) is 3.93. The molecule has 5 amide bonds. The fourth-order valence-electron chi connectivity index (χ4n) is 8.32. The van der Waals surface area contributed by atoms with E-state index in [-0.39, 0.29) is 30.8 Å². The number of aliphatic hydroxyl groups is 1. The lowest BCUT2D eigenvalue weighted by Gasteiger charge is -2.35. The van der Waals surface area contributed by atoms with Crippen LogP contribution in [-0.2, 0) is 27.1 Å². The van der Waals surface area contributed by atoms with Gasteiger partial charge in [0.2, 0.25) is 23.3 Å². The number of nitrogens with one attached hydrogen (secondary N) is 5. The van der Waals surface area contributed by atoms with E-state index >= 15 is 0 Å². The van der Waals surface area contributed by atoms with Gasteiger partial charge in [-0.05, 0) is 65.9 Å². The van der Waals surface area contributed by atoms with Gasteiger partial charge < -0.3 is 46.1 Å². The average molecular weight is 970 g/mol. The quantitative estimate of drug-likeness (QED) is 0.0927. The van der Waals surface area contributed by atoms with Gasteiger partial charge in [0.15, 0.2) is 0 Å². The summed E-state index contributed by atoms with van der Waals surface area (Å²) in [4.78, 5) is 92.9. The van der Waals surface area contributed by atoms with E-state index in [1.54, 1.807) is 62.7 Å². The van der Waals surface area contributed by atoms with Gasteiger partial charge in [-0.15, -0.1) is 11.3 Å². The zero-order valence-electron chi connectivity index (χ0n) is 38.7. The van der Waals surface area contributed by atoms with Crippen molar-refractivity contribution in [3.8, 4) is 21.6 Å². The number of aliphatic hydroxyl groups excluding tert-OH is 1. The third-order valence-corrected chi connectivity index (χ3v) is 13.1. The molecule has 0 aliphatic carbocycles. The molecule has 0 radical (unpaired) electrons. The van der Waals surface area contributed by atoms with Crippen LogP contribution in [-0.4, -0.2) is 119 Å². The standard InChI is InChI=1S/C49H54F3N9O7S/c1-28-42(69-27-56-28)30-11-9-29(10-12-30)23-54-46(67)39-21-34(62)26-61(39)47(68)43(48(2,3)4)58-41(64)25-55-44(65)33-8-6-7-31(19-33)32-13-14-38(60-17-15-59(5)16-18-60)37(20-32)57-45(66)35-24-53-40(63)22-36(35)49(50,51)52/h6-14,19-20,22,24,27,34,39,43,62H,15-18,21,23,25-26H2,1-5H3,(H,53,63)(H,54,67)(H,55,65)(H,57,66)(H,58,64). The second-order valence-corrected chi connectivity index (χ2v) is 19.2. The Labute approximate surface area is 400 Å². The van der Waals surface area contributed by atoms with Gasteiger partial charge in [-0.3, -0.25) is 28.8 Å². The number of pyridine rings is 1. The number of β-amino-alcohol motifs (C(OH)–C–C–N with tert-alkyl or cyclic N) is 1. The molecule has 0 bridgehead atoms. The molecule has 7 rings (SSSR count). The van der Waals surface area contributed by atoms with Crippen LogP contribution in [0.3, 0.4) is 0 Å². The van der Waals surface area contributed by atoms with E-state index in [2.05, 4.69) is 36.1 Å². The minimum atomic E-state index is -4.98. The number of thiazole rings is 1. The van der Waals surface area contributed by atoms with Crippen LogP contribution in [0.5, 0.6) is 0 Å². The fourth-order valence-corrected chi connectivity index (χ4v) is 9.13. The van der Waals surface area contributed by atoms with Gasteiger partial charge in [0.05, 0.1) is 51.2 Å². The van der Waals surface area contributed by atoms with Crippen LogP contribution in [0.1, 0.15) is 64.7 Å². The number of likely N-dealkylation sites (tertiary alicyclic amines) is 1. The van der Waals surface area contributed by atoms with Gasteiger partial charge in [0.1, 0.15) is 12.1 Å². The highest BCUT2D eigenvalue weighted by molar-refractivity contribution is 7.13. The molecule has 0 saturated carbocycles. The Balaban J connectivity index is 1.01. The zero-order chi connectivity index (χ0) is 49.8. The lowest BCUT2D eigenvalue weighted by Crippen LogP contribution is -2.58. The molecule has 2 fully saturated rings. The number of aromatic amines is 1. The van der Waals surface area contributed by atoms with Crippen molar-refractivity contribution in [2.75, 3.05) is 56.5 Å². The molecule has 3 atom stereocenters. The summed E-state index contributed by atoms with van der Waals surface area (Å²) in [5, 5.41) is 21.5. The summed E-state index contributed by atoms with van der Waals surface area (Å²) in [6.45, 7) is 9.28. The van der Waals surface area contributed by atoms with Crippen LogP contribution < -0.4 is 31.7 Å². The number of anilines is 2. The predicted molar refractivity (Wildman–Crippen MR) is 256 cm³/mol. The van der Waals surface area contributed by atoms with Crippen molar-refractivity contribution in [3.63, 3.8) is 0 Å². The van der Waals surface area contributed by atoms with Gasteiger partial charge in [0.25, 0.3) is 11.8 Å². The number of amides is 5. The summed E-state index contributed by atoms with van der Waals surface area (Å²) in [5.41, 5.74) is 2.48. The van der Waals surface area contributed by atoms with Crippen molar-refractivity contribution in [3.05, 3.63) is 123 Å². The first-order valence-corrected chi connectivity index (χ1v) is 23.2. The predicted octanol–water partition coefficient (Wildman–Crippen LogP) is 5.04. The highest BCUT2D eigenvalue weighted by Gasteiger charge is 2.44. The molecular formula is C49H54F3N9O7S. The Kier molecular flexibility index (Phi) is 15.0. The summed E-state index contributed by atoms with van der Waals surface area (Å²) in [6, 6.07) is 17.4. The maximum atomic E-state index is 14.2. The van der Waals surface area contributed by atoms with E-state index in [0.29, 0.717) is 49.1 Å². The molecule has 3 unspecified atom stereocenters. The maximum Gasteiger partial charge on any atom is 0.417 e. The van der Waals surface area contributed by atoms with Crippen molar-refractivity contribution < 1.29 is 42.3 Å². The van der Waals surface area contributed by atoms with Gasteiger partial charge in [0, 0.05) is 63.5 Å². The smallest absolute Gasteiger partial charge is 0.391 e. The minimum Gasteiger partial charge on any atom is -0.391 e. The molecule has 0 spiro atoms. The molecule has 20 heteroatoms. The summed E-state index contributed by atoms with van der Waals surface area (Å²) in [5.74, 6) is -3.41. The summed E-state index contributed by atoms with van der Waals surface area (Å²) < 4.78 is 41.8. The molecule has 2 aliphatic heterocycles. The van der Waals surface area contributed by atoms with Crippen LogP contribution in [0.4, 0.5) is 24.5 Å². The highest BCUT2D eigenvalue weighted by Crippen LogP contribution is 2.36. The van der Waals surface area contributed by atoms with E-state index in [1.807, 2.05) is 43.1 Å². The number of piperazine rings is 1. The van der Waals surface area contributed by atoms with Crippen LogP contribution in [0, 0.1) is 12.3 Å². The summed E-state index contributed by atoms with van der Waals surface area (Å²) in [6.07, 6.45) is -5.20. The van der Waals surface area contributed by atoms with Gasteiger partial charge in [-0.2, -0.15) is 13.2 Å². The van der Waals surface area contributed by atoms with E-state index in [1.165, 1.54) is 22.3 Å². The number of benzene rings is 3. The Morgan fingerprint density at radius 2 is 1.59 bits per heavy atom. The van der Waals surface area contributed by atoms with Crippen molar-refractivity contribution in [2.45, 2.75) is 65.0 Å². The zero-order valence-corrected chi connectivity index (χ0v) is 39.5. The number of rotatable bonds is 13. The fraction of sp³-hybridized carbons (Fsp3) is 0.367. The number of carbonyl (C=O) groups excluding carboxylic acids is 5. The molecule has 2 saturated heterocycles. The first-order chi connectivity index (χ1) is 32.7. The molecule has 5 aromatic rings. The van der Waals surface area contributed by atoms with Crippen molar-refractivity contribution in [1.29, 1.82) is 0 Å². The maximum absolute atomic E-state index is 14.2. The van der Waals surface area contributed by atoms with Gasteiger partial charge in [-0.25, -0.2) is 4.98 Å². The highest BCUT2D eigenvalue weighted by atomic mass is 32.1. The van der Waals surface area contributed by atoms with E-state index in [9.17, 15) is 47.0 Å². The first-order valence-electron chi connectivity index (χ1n) is 22.3. The minimum absolute atomic E-state index is 0.0109. The number of halogens is 3. The van der Waals surface area contributed by atoms with E-state index < -0.39 is 82.5 Å². The summed E-state index contributed by atoms with van der Waals surface area (Å²) >= 11 is 1.54. The van der Waals surface area contributed by atoms with Crippen LogP contribution in [0.25, 0.3) is 21.6 Å². The van der Waals surface area contributed by atoms with E-state index in [4.69, 9.17) is 0 Å². The molecule has 4 heterocycles. The molecule has 6 N–H and O–H groups in total. The van der Waals surface area contributed by atoms with Gasteiger partial charge in [-0.1, -0.05) is 63.2 Å². The van der Waals surface area contributed by atoms with Crippen molar-refractivity contribution >= 4 is 52.2 Å². The van der Waals surface area contributed by atoms with Crippen LogP contribution in [0.2, 0.25) is 0 Å². The molecule has 2 aliphatic rings. The van der Waals surface area contributed by atoms with Crippen LogP contribution in [0.15, 0.2) is 89.3 Å². The number of carbonyl (C=O) groups is 5. The Hall–Kier alpha value is -6.90. The third kappa shape index (κ3) is 12.0. The number of likely N-dealkylation sites (N-methyl/N-ethyl adjacent to an activating group) is 1. The Bertz CT molecular complexity index is 2780. The number of nitrogens with zero attached hydrogens (tertiary/aromatic N) is 4. The Morgan fingerprint density at radius 3 is 2.26 bits per heavy atom. The van der Waals surface area contributed by atoms with Crippen molar-refractivity contribution in [2.24, 2.45) is 5.41 Å². The number of alkyl halides is 3. The third-order valence-electron chi connectivity index (χ3n) is 12.1. The summed E-state index contributed by atoms with van der Waals surface area (Å²) in [7, 11) is 1.96. The van der Waals surface area contributed by atoms with Crippen molar-refractivity contribution in [1.82, 2.24) is 35.7 Å². The SMILES string of the molecule is Cc1ncsc1-c1ccc(CNC(=O)C2CC(O)CN2C(=O)C(NC(=O)CNC(=O)c2cccc(-c3ccc(N4CCN(C)CC4)c(NC(=O)c4c[nH]c(=O)cc4C(F)(F)F)c3)c2)C(C)(C)C)cc1. The second kappa shape index (κ2) is 20.8. The topological polar surface area (TPSA) is 209 Å². The van der Waals surface area contributed by atoms with E-state index in [0.717, 1.165) is 27.9 Å². The molecule has 2 aromatic heterocycles. The number of hydrogen-bond donors (Lipinski definition) is 6. The second-order valence-electron chi connectivity index (χ2n) is 18.3. The molecule has 16 nitrogen and oxygen atoms in total. The lowest BCUT2D eigenvalue weighted by molar-refractivity contribution is -0.143. The van der Waals surface area contributed by atoms with Gasteiger partial charge >= 0.3 is 6.18 Å². The number of aryl methyl sites for hydroxylation is 1. The first kappa shape index (κ1) is 50.0. The number of hydrogen-bond acceptors (Lipinski definition) is 11. The number of aromatic nitrogens is 2. The normalized spacial score (nSPS) is 17.0.